The molecule has 0 aliphatic carbocycles. The van der Waals surface area contributed by atoms with Gasteiger partial charge in [-0.25, -0.2) is 8.42 Å². The highest BCUT2D eigenvalue weighted by atomic mass is 32.2. The molecule has 0 radical (unpaired) electrons. The second-order valence-corrected chi connectivity index (χ2v) is 11.4. The predicted molar refractivity (Wildman–Crippen MR) is 143 cm³/mol. The van der Waals surface area contributed by atoms with E-state index < -0.39 is 16.1 Å². The van der Waals surface area contributed by atoms with Crippen molar-refractivity contribution in [2.45, 2.75) is 53.1 Å². The number of nitrogens with one attached hydrogen (secondary N) is 1. The summed E-state index contributed by atoms with van der Waals surface area (Å²) in [6.45, 7) is 8.57. The Kier molecular flexibility index (Phi) is 10.8. The number of methoxy groups -OCH3 is 1. The zero-order valence-corrected chi connectivity index (χ0v) is 23.0. The lowest BCUT2D eigenvalue weighted by Gasteiger charge is -2.30. The minimum Gasteiger partial charge on any atom is -0.497 e. The van der Waals surface area contributed by atoms with E-state index in [-0.39, 0.29) is 37.2 Å². The van der Waals surface area contributed by atoms with Gasteiger partial charge < -0.3 is 15.0 Å². The fourth-order valence-corrected chi connectivity index (χ4v) is 4.68. The van der Waals surface area contributed by atoms with E-state index in [4.69, 9.17) is 4.74 Å². The molecule has 2 rings (SSSR count). The summed E-state index contributed by atoms with van der Waals surface area (Å²) in [5.41, 5.74) is 2.43. The molecule has 36 heavy (non-hydrogen) atoms. The summed E-state index contributed by atoms with van der Waals surface area (Å²) >= 11 is 0. The van der Waals surface area contributed by atoms with Crippen molar-refractivity contribution in [3.8, 4) is 5.75 Å². The van der Waals surface area contributed by atoms with Gasteiger partial charge in [-0.1, -0.05) is 43.7 Å². The molecule has 2 aromatic carbocycles. The van der Waals surface area contributed by atoms with Gasteiger partial charge in [0.15, 0.2) is 0 Å². The summed E-state index contributed by atoms with van der Waals surface area (Å²) in [6.07, 6.45) is 1.57. The average Bonchev–Trinajstić information content (AvgIpc) is 2.83. The van der Waals surface area contributed by atoms with Gasteiger partial charge in [0, 0.05) is 26.1 Å². The first-order valence-corrected chi connectivity index (χ1v) is 14.0. The van der Waals surface area contributed by atoms with Gasteiger partial charge in [0.1, 0.15) is 11.8 Å². The molecule has 1 atom stereocenters. The third kappa shape index (κ3) is 8.86. The van der Waals surface area contributed by atoms with E-state index in [1.54, 1.807) is 31.1 Å². The number of anilines is 1. The van der Waals surface area contributed by atoms with Crippen molar-refractivity contribution in [1.29, 1.82) is 0 Å². The van der Waals surface area contributed by atoms with Gasteiger partial charge in [-0.2, -0.15) is 0 Å². The number of hydrogen-bond acceptors (Lipinski definition) is 5. The Bertz CT molecular complexity index is 1120. The third-order valence-corrected chi connectivity index (χ3v) is 7.01. The van der Waals surface area contributed by atoms with Gasteiger partial charge in [0.25, 0.3) is 0 Å². The van der Waals surface area contributed by atoms with E-state index in [1.165, 1.54) is 4.31 Å². The average molecular weight is 518 g/mol. The molecule has 2 aromatic rings. The van der Waals surface area contributed by atoms with Crippen molar-refractivity contribution in [3.05, 3.63) is 59.7 Å². The Labute approximate surface area is 215 Å². The second kappa shape index (κ2) is 13.3. The van der Waals surface area contributed by atoms with Crippen LogP contribution in [0.4, 0.5) is 5.69 Å². The van der Waals surface area contributed by atoms with Crippen molar-refractivity contribution in [2.75, 3.05) is 30.8 Å². The molecule has 0 aliphatic heterocycles. The second-order valence-electron chi connectivity index (χ2n) is 9.46. The minimum absolute atomic E-state index is 0.101. The van der Waals surface area contributed by atoms with E-state index in [9.17, 15) is 18.0 Å². The normalized spacial score (nSPS) is 12.2. The monoisotopic (exact) mass is 517 g/mol. The zero-order valence-electron chi connectivity index (χ0n) is 22.2. The Morgan fingerprint density at radius 2 is 1.72 bits per heavy atom. The highest BCUT2D eigenvalue weighted by molar-refractivity contribution is 7.92. The van der Waals surface area contributed by atoms with Crippen LogP contribution in [0.3, 0.4) is 0 Å². The van der Waals surface area contributed by atoms with Crippen LogP contribution < -0.4 is 14.4 Å². The molecule has 1 N–H and O–H groups in total. The van der Waals surface area contributed by atoms with Crippen LogP contribution in [0.25, 0.3) is 0 Å². The zero-order chi connectivity index (χ0) is 26.9. The maximum Gasteiger partial charge on any atom is 0.242 e. The number of aryl methyl sites for hydroxylation is 1. The van der Waals surface area contributed by atoms with E-state index in [0.29, 0.717) is 24.4 Å². The number of carbonyl (C=O) groups is 2. The fourth-order valence-electron chi connectivity index (χ4n) is 3.72. The summed E-state index contributed by atoms with van der Waals surface area (Å²) in [5.74, 6) is 0.505. The summed E-state index contributed by atoms with van der Waals surface area (Å²) in [4.78, 5) is 27.7. The van der Waals surface area contributed by atoms with Crippen molar-refractivity contribution in [2.24, 2.45) is 5.92 Å². The molecule has 8 nitrogen and oxygen atoms in total. The number of benzene rings is 2. The molecular formula is C27H39N3O5S. The summed E-state index contributed by atoms with van der Waals surface area (Å²) < 4.78 is 31.4. The molecular weight excluding hydrogens is 478 g/mol. The highest BCUT2D eigenvalue weighted by Crippen LogP contribution is 2.20. The van der Waals surface area contributed by atoms with Gasteiger partial charge in [-0.15, -0.1) is 0 Å². The SMILES string of the molecule is COc1cccc(CN(C(=O)CCCN(c2ccc(C)cc2)S(C)(=O)=O)C(C)C(=O)NCC(C)C)c1. The smallest absolute Gasteiger partial charge is 0.242 e. The van der Waals surface area contributed by atoms with Gasteiger partial charge >= 0.3 is 0 Å². The lowest BCUT2D eigenvalue weighted by Crippen LogP contribution is -2.48. The van der Waals surface area contributed by atoms with Crippen molar-refractivity contribution in [1.82, 2.24) is 10.2 Å². The molecule has 0 saturated heterocycles. The number of nitrogens with zero attached hydrogens (tertiary/aromatic N) is 2. The topological polar surface area (TPSA) is 96.0 Å². The van der Waals surface area contributed by atoms with Gasteiger partial charge in [0.2, 0.25) is 21.8 Å². The van der Waals surface area contributed by atoms with Crippen molar-refractivity contribution < 1.29 is 22.7 Å². The van der Waals surface area contributed by atoms with Crippen molar-refractivity contribution in [3.63, 3.8) is 0 Å². The fraction of sp³-hybridized carbons (Fsp3) is 0.481. The first-order valence-electron chi connectivity index (χ1n) is 12.2. The first kappa shape index (κ1) is 29.2. The Morgan fingerprint density at radius 1 is 1.06 bits per heavy atom. The quantitative estimate of drug-likeness (QED) is 0.437. The molecule has 0 bridgehead atoms. The van der Waals surface area contributed by atoms with Gasteiger partial charge in [0.05, 0.1) is 19.1 Å². The minimum atomic E-state index is -3.52. The van der Waals surface area contributed by atoms with Gasteiger partial charge in [-0.05, 0) is 56.0 Å². The molecule has 198 valence electrons. The van der Waals surface area contributed by atoms with Crippen molar-refractivity contribution >= 4 is 27.5 Å². The molecule has 0 aromatic heterocycles. The predicted octanol–water partition coefficient (Wildman–Crippen LogP) is 3.74. The lowest BCUT2D eigenvalue weighted by molar-refractivity contribution is -0.140. The maximum atomic E-state index is 13.3. The molecule has 0 aliphatic rings. The van der Waals surface area contributed by atoms with Crippen LogP contribution in [0, 0.1) is 12.8 Å². The molecule has 9 heteroatoms. The van der Waals surface area contributed by atoms with Gasteiger partial charge in [-0.3, -0.25) is 13.9 Å². The van der Waals surface area contributed by atoms with Crippen LogP contribution >= 0.6 is 0 Å². The first-order chi connectivity index (χ1) is 16.9. The highest BCUT2D eigenvalue weighted by Gasteiger charge is 2.27. The van der Waals surface area contributed by atoms with E-state index >= 15 is 0 Å². The van der Waals surface area contributed by atoms with Crippen LogP contribution in [-0.4, -0.2) is 57.6 Å². The molecule has 0 saturated carbocycles. The summed E-state index contributed by atoms with van der Waals surface area (Å²) in [5, 5.41) is 2.90. The molecule has 0 spiro atoms. The number of amides is 2. The molecule has 2 amide bonds. The van der Waals surface area contributed by atoms with Crippen LogP contribution in [0.15, 0.2) is 48.5 Å². The number of sulfonamides is 1. The summed E-state index contributed by atoms with van der Waals surface area (Å²) in [6, 6.07) is 13.9. The summed E-state index contributed by atoms with van der Waals surface area (Å²) in [7, 11) is -1.95. The van der Waals surface area contributed by atoms with E-state index in [1.807, 2.05) is 57.2 Å². The Balaban J connectivity index is 2.17. The van der Waals surface area contributed by atoms with Crippen LogP contribution in [0.2, 0.25) is 0 Å². The number of carbonyl (C=O) groups excluding carboxylic acids is 2. The Hall–Kier alpha value is -3.07. The van der Waals surface area contributed by atoms with E-state index in [0.717, 1.165) is 17.4 Å². The largest absolute Gasteiger partial charge is 0.497 e. The van der Waals surface area contributed by atoms with Crippen LogP contribution in [0.1, 0.15) is 44.7 Å². The van der Waals surface area contributed by atoms with Crippen LogP contribution in [0.5, 0.6) is 5.75 Å². The number of rotatable bonds is 13. The standard InChI is InChI=1S/C27H39N3O5S/c1-20(2)18-28-27(32)22(4)29(19-23-9-7-10-25(17-23)35-5)26(31)11-8-16-30(36(6,33)34)24-14-12-21(3)13-15-24/h7,9-10,12-15,17,20,22H,8,11,16,18-19H2,1-6H3,(H,28,32). The molecule has 1 unspecified atom stereocenters. The van der Waals surface area contributed by atoms with Crippen LogP contribution in [-0.2, 0) is 26.2 Å². The molecule has 0 fully saturated rings. The maximum absolute atomic E-state index is 13.3. The number of ether oxygens (including phenoxy) is 1. The van der Waals surface area contributed by atoms with E-state index in [2.05, 4.69) is 5.32 Å². The Morgan fingerprint density at radius 3 is 2.31 bits per heavy atom. The lowest BCUT2D eigenvalue weighted by atomic mass is 10.1. The third-order valence-electron chi connectivity index (χ3n) is 5.81. The number of hydrogen-bond donors (Lipinski definition) is 1. The molecule has 0 heterocycles.